The number of hydrogen-bond donors (Lipinski definition) is 2. The molecule has 0 saturated carbocycles. The Hall–Kier alpha value is -0.610. The molecule has 4 nitrogen and oxygen atoms in total. The molecule has 0 spiro atoms. The van der Waals surface area contributed by atoms with Gasteiger partial charge in [-0.15, -0.1) is 0 Å². The summed E-state index contributed by atoms with van der Waals surface area (Å²) in [7, 11) is 0. The first-order valence-corrected chi connectivity index (χ1v) is 3.23. The van der Waals surface area contributed by atoms with E-state index in [1.807, 2.05) is 0 Å². The number of rotatable bonds is 2. The lowest BCUT2D eigenvalue weighted by Gasteiger charge is -2.03. The van der Waals surface area contributed by atoms with Gasteiger partial charge in [-0.1, -0.05) is 0 Å². The largest absolute Gasteiger partial charge is 0.460 e. The second-order valence-electron chi connectivity index (χ2n) is 2.32. The number of carbonyl (C=O) groups excluding carboxylic acids is 1. The van der Waals surface area contributed by atoms with Gasteiger partial charge in [0.15, 0.2) is 6.10 Å². The minimum atomic E-state index is -0.975. The third kappa shape index (κ3) is 1.46. The van der Waals surface area contributed by atoms with E-state index in [0.717, 1.165) is 0 Å². The summed E-state index contributed by atoms with van der Waals surface area (Å²) in [6.45, 7) is -0.00926. The summed E-state index contributed by atoms with van der Waals surface area (Å²) in [6.07, 6.45) is -0.522. The van der Waals surface area contributed by atoms with Gasteiger partial charge in [-0.3, -0.25) is 0 Å². The molecule has 0 amide bonds. The Morgan fingerprint density at radius 1 is 1.70 bits per heavy atom. The molecular formula is C6H10O4. The van der Waals surface area contributed by atoms with Gasteiger partial charge in [-0.25, -0.2) is 4.79 Å². The molecule has 10 heavy (non-hydrogen) atoms. The lowest BCUT2D eigenvalue weighted by Crippen LogP contribution is -2.11. The van der Waals surface area contributed by atoms with Crippen LogP contribution in [0.4, 0.5) is 0 Å². The van der Waals surface area contributed by atoms with Crippen molar-refractivity contribution in [2.75, 3.05) is 6.61 Å². The van der Waals surface area contributed by atoms with Crippen LogP contribution in [0.2, 0.25) is 0 Å². The monoisotopic (exact) mass is 146 g/mol. The van der Waals surface area contributed by atoms with Crippen molar-refractivity contribution in [3.63, 3.8) is 0 Å². The Morgan fingerprint density at radius 3 is 2.80 bits per heavy atom. The standard InChI is InChI=1S/C6H10O4/c7-2-1-4-3-5(8)6(9)10-4/h4-5,7-8H,1-3H2/t4-,5+/m1/s1. The van der Waals surface area contributed by atoms with E-state index in [0.29, 0.717) is 12.8 Å². The molecule has 0 bridgehead atoms. The fourth-order valence-electron chi connectivity index (χ4n) is 0.957. The second-order valence-corrected chi connectivity index (χ2v) is 2.32. The van der Waals surface area contributed by atoms with Crippen molar-refractivity contribution in [2.45, 2.75) is 25.0 Å². The number of carbonyl (C=O) groups is 1. The van der Waals surface area contributed by atoms with E-state index in [2.05, 4.69) is 4.74 Å². The summed E-state index contributed by atoms with van der Waals surface area (Å²) < 4.78 is 4.67. The summed E-state index contributed by atoms with van der Waals surface area (Å²) in [5.41, 5.74) is 0. The zero-order valence-electron chi connectivity index (χ0n) is 5.49. The highest BCUT2D eigenvalue weighted by atomic mass is 16.6. The predicted octanol–water partition coefficient (Wildman–Crippen LogP) is -0.955. The topological polar surface area (TPSA) is 66.8 Å². The highest BCUT2D eigenvalue weighted by molar-refractivity contribution is 5.76. The first kappa shape index (κ1) is 7.50. The number of cyclic esters (lactones) is 1. The fraction of sp³-hybridized carbons (Fsp3) is 0.833. The lowest BCUT2D eigenvalue weighted by molar-refractivity contribution is -0.147. The summed E-state index contributed by atoms with van der Waals surface area (Å²) in [6, 6.07) is 0. The van der Waals surface area contributed by atoms with Gasteiger partial charge in [0.25, 0.3) is 0 Å². The maximum Gasteiger partial charge on any atom is 0.335 e. The molecule has 1 fully saturated rings. The van der Waals surface area contributed by atoms with Crippen LogP contribution in [-0.4, -0.2) is 35.0 Å². The molecule has 0 aromatic rings. The van der Waals surface area contributed by atoms with Crippen LogP contribution in [0, 0.1) is 0 Å². The summed E-state index contributed by atoms with van der Waals surface area (Å²) in [5, 5.41) is 17.3. The van der Waals surface area contributed by atoms with E-state index >= 15 is 0 Å². The lowest BCUT2D eigenvalue weighted by atomic mass is 10.1. The van der Waals surface area contributed by atoms with Crippen molar-refractivity contribution >= 4 is 5.97 Å². The number of aliphatic hydroxyl groups is 2. The van der Waals surface area contributed by atoms with Gasteiger partial charge in [0.05, 0.1) is 0 Å². The normalized spacial score (nSPS) is 32.4. The molecule has 1 saturated heterocycles. The zero-order valence-corrected chi connectivity index (χ0v) is 5.49. The van der Waals surface area contributed by atoms with Crippen LogP contribution in [0.1, 0.15) is 12.8 Å². The van der Waals surface area contributed by atoms with Crippen molar-refractivity contribution in [1.82, 2.24) is 0 Å². The number of ether oxygens (including phenoxy) is 1. The molecule has 2 N–H and O–H groups in total. The van der Waals surface area contributed by atoms with Crippen molar-refractivity contribution < 1.29 is 19.7 Å². The average molecular weight is 146 g/mol. The zero-order chi connectivity index (χ0) is 7.56. The van der Waals surface area contributed by atoms with E-state index in [1.54, 1.807) is 0 Å². The predicted molar refractivity (Wildman–Crippen MR) is 32.2 cm³/mol. The van der Waals surface area contributed by atoms with Crippen LogP contribution in [0.5, 0.6) is 0 Å². The first-order valence-electron chi connectivity index (χ1n) is 3.23. The fourth-order valence-corrected chi connectivity index (χ4v) is 0.957. The van der Waals surface area contributed by atoms with E-state index in [9.17, 15) is 4.79 Å². The Labute approximate surface area is 58.4 Å². The number of aliphatic hydroxyl groups excluding tert-OH is 2. The maximum absolute atomic E-state index is 10.5. The van der Waals surface area contributed by atoms with Crippen molar-refractivity contribution in [3.05, 3.63) is 0 Å². The van der Waals surface area contributed by atoms with Gasteiger partial charge in [-0.05, 0) is 0 Å². The highest BCUT2D eigenvalue weighted by Gasteiger charge is 2.31. The molecule has 1 rings (SSSR count). The minimum Gasteiger partial charge on any atom is -0.460 e. The van der Waals surface area contributed by atoms with Crippen LogP contribution >= 0.6 is 0 Å². The third-order valence-electron chi connectivity index (χ3n) is 1.49. The molecule has 1 aliphatic rings. The SMILES string of the molecule is O=C1O[C@H](CCO)C[C@@H]1O. The van der Waals surface area contributed by atoms with Gasteiger partial charge in [0.1, 0.15) is 6.10 Å². The van der Waals surface area contributed by atoms with E-state index < -0.39 is 12.1 Å². The second kappa shape index (κ2) is 2.98. The molecule has 1 aliphatic heterocycles. The molecule has 4 heteroatoms. The summed E-state index contributed by atoms with van der Waals surface area (Å²) in [4.78, 5) is 10.5. The van der Waals surface area contributed by atoms with Crippen molar-refractivity contribution in [1.29, 1.82) is 0 Å². The Balaban J connectivity index is 2.34. The smallest absolute Gasteiger partial charge is 0.335 e. The molecule has 1 heterocycles. The number of hydrogen-bond acceptors (Lipinski definition) is 4. The van der Waals surface area contributed by atoms with Crippen LogP contribution in [0.3, 0.4) is 0 Å². The van der Waals surface area contributed by atoms with Crippen molar-refractivity contribution in [3.8, 4) is 0 Å². The summed E-state index contributed by atoms with van der Waals surface area (Å²) >= 11 is 0. The van der Waals surface area contributed by atoms with Gasteiger partial charge >= 0.3 is 5.97 Å². The van der Waals surface area contributed by atoms with E-state index in [1.165, 1.54) is 0 Å². The van der Waals surface area contributed by atoms with Gasteiger partial charge < -0.3 is 14.9 Å². The molecule has 0 aromatic heterocycles. The van der Waals surface area contributed by atoms with Gasteiger partial charge in [-0.2, -0.15) is 0 Å². The van der Waals surface area contributed by atoms with E-state index in [-0.39, 0.29) is 12.7 Å². The first-order chi connectivity index (χ1) is 4.74. The van der Waals surface area contributed by atoms with Gasteiger partial charge in [0, 0.05) is 19.4 Å². The van der Waals surface area contributed by atoms with E-state index in [4.69, 9.17) is 10.2 Å². The molecule has 0 aromatic carbocycles. The summed E-state index contributed by atoms with van der Waals surface area (Å²) in [5.74, 6) is -0.571. The molecule has 0 aliphatic carbocycles. The molecule has 0 unspecified atom stereocenters. The van der Waals surface area contributed by atoms with Crippen LogP contribution in [-0.2, 0) is 9.53 Å². The Kier molecular flexibility index (Phi) is 2.24. The van der Waals surface area contributed by atoms with Crippen LogP contribution < -0.4 is 0 Å². The highest BCUT2D eigenvalue weighted by Crippen LogP contribution is 2.16. The average Bonchev–Trinajstić information content (AvgIpc) is 2.14. The molecular weight excluding hydrogens is 136 g/mol. The third-order valence-corrected chi connectivity index (χ3v) is 1.49. The molecule has 0 radical (unpaired) electrons. The quantitative estimate of drug-likeness (QED) is 0.493. The minimum absolute atomic E-state index is 0.00926. The van der Waals surface area contributed by atoms with Crippen molar-refractivity contribution in [2.24, 2.45) is 0 Å². The Bertz CT molecular complexity index is 134. The van der Waals surface area contributed by atoms with Gasteiger partial charge in [0.2, 0.25) is 0 Å². The molecule has 2 atom stereocenters. The Morgan fingerprint density at radius 2 is 2.40 bits per heavy atom. The maximum atomic E-state index is 10.5. The van der Waals surface area contributed by atoms with Crippen LogP contribution in [0.25, 0.3) is 0 Å². The number of esters is 1. The molecule has 58 valence electrons. The van der Waals surface area contributed by atoms with Crippen LogP contribution in [0.15, 0.2) is 0 Å².